The number of halogens is 3. The number of hydrogen-bond acceptors (Lipinski definition) is 1. The maximum Gasteiger partial charge on any atom is 0.129 e. The molecule has 0 saturated carbocycles. The molecule has 1 nitrogen and oxygen atoms in total. The molecule has 0 heterocycles. The number of aliphatic hydroxyl groups excluding tert-OH is 1. The molecule has 1 atom stereocenters. The smallest absolute Gasteiger partial charge is 0.129 e. The van der Waals surface area contributed by atoms with E-state index in [1.807, 2.05) is 0 Å². The van der Waals surface area contributed by atoms with Crippen molar-refractivity contribution in [2.75, 3.05) is 6.67 Å². The first-order chi connectivity index (χ1) is 5.65. The van der Waals surface area contributed by atoms with Gasteiger partial charge in [0.15, 0.2) is 0 Å². The van der Waals surface area contributed by atoms with Crippen LogP contribution in [0, 0.1) is 11.6 Å². The maximum absolute atomic E-state index is 12.7. The van der Waals surface area contributed by atoms with Gasteiger partial charge in [-0.1, -0.05) is 0 Å². The van der Waals surface area contributed by atoms with Crippen LogP contribution in [0.5, 0.6) is 0 Å². The van der Waals surface area contributed by atoms with Crippen LogP contribution in [0.2, 0.25) is 0 Å². The Bertz CT molecular complexity index is 275. The Balaban J connectivity index is 3.04. The van der Waals surface area contributed by atoms with Gasteiger partial charge in [-0.25, -0.2) is 13.2 Å². The van der Waals surface area contributed by atoms with E-state index in [0.29, 0.717) is 0 Å². The Labute approximate surface area is 67.5 Å². The highest BCUT2D eigenvalue weighted by Gasteiger charge is 2.12. The standard InChI is InChI=1S/C8H7F3O/c9-4-8(12)6-3-5(10)1-2-7(6)11/h1-3,8,12H,4H2/t8-/m0/s1. The Morgan fingerprint density at radius 1 is 1.33 bits per heavy atom. The number of rotatable bonds is 2. The molecule has 0 unspecified atom stereocenters. The lowest BCUT2D eigenvalue weighted by atomic mass is 10.1. The van der Waals surface area contributed by atoms with Crippen molar-refractivity contribution in [3.05, 3.63) is 35.4 Å². The SMILES string of the molecule is O[C@@H](CF)c1cc(F)ccc1F. The lowest BCUT2D eigenvalue weighted by Gasteiger charge is -2.06. The van der Waals surface area contributed by atoms with Crippen molar-refractivity contribution in [1.82, 2.24) is 0 Å². The van der Waals surface area contributed by atoms with Crippen LogP contribution in [0.4, 0.5) is 13.2 Å². The zero-order valence-corrected chi connectivity index (χ0v) is 6.10. The molecule has 0 amide bonds. The second-order valence-electron chi connectivity index (χ2n) is 2.34. The molecule has 0 aliphatic rings. The van der Waals surface area contributed by atoms with Gasteiger partial charge < -0.3 is 5.11 Å². The first-order valence-corrected chi connectivity index (χ1v) is 3.34. The van der Waals surface area contributed by atoms with E-state index in [-0.39, 0.29) is 5.56 Å². The van der Waals surface area contributed by atoms with Crippen LogP contribution in [0.1, 0.15) is 11.7 Å². The van der Waals surface area contributed by atoms with E-state index in [1.54, 1.807) is 0 Å². The van der Waals surface area contributed by atoms with E-state index in [4.69, 9.17) is 5.11 Å². The monoisotopic (exact) mass is 176 g/mol. The van der Waals surface area contributed by atoms with E-state index in [0.717, 1.165) is 18.2 Å². The third kappa shape index (κ3) is 1.76. The van der Waals surface area contributed by atoms with Gasteiger partial charge >= 0.3 is 0 Å². The fraction of sp³-hybridized carbons (Fsp3) is 0.250. The minimum Gasteiger partial charge on any atom is -0.386 e. The van der Waals surface area contributed by atoms with Gasteiger partial charge in [-0.05, 0) is 18.2 Å². The van der Waals surface area contributed by atoms with Crippen molar-refractivity contribution < 1.29 is 18.3 Å². The number of alkyl halides is 1. The van der Waals surface area contributed by atoms with Crippen LogP contribution < -0.4 is 0 Å². The Kier molecular flexibility index (Phi) is 2.70. The molecule has 1 rings (SSSR count). The summed E-state index contributed by atoms with van der Waals surface area (Å²) in [6, 6.07) is 2.53. The summed E-state index contributed by atoms with van der Waals surface area (Å²) in [6.45, 7) is -1.12. The first-order valence-electron chi connectivity index (χ1n) is 3.34. The summed E-state index contributed by atoms with van der Waals surface area (Å²) in [5.74, 6) is -1.50. The fourth-order valence-electron chi connectivity index (χ4n) is 0.853. The van der Waals surface area contributed by atoms with E-state index < -0.39 is 24.4 Å². The molecule has 0 aromatic heterocycles. The lowest BCUT2D eigenvalue weighted by Crippen LogP contribution is -2.02. The molecule has 0 aliphatic heterocycles. The molecular formula is C8H7F3O. The highest BCUT2D eigenvalue weighted by atomic mass is 19.1. The third-order valence-corrected chi connectivity index (χ3v) is 1.46. The zero-order valence-electron chi connectivity index (χ0n) is 6.10. The molecule has 1 aromatic carbocycles. The molecule has 0 aliphatic carbocycles. The molecule has 4 heteroatoms. The predicted octanol–water partition coefficient (Wildman–Crippen LogP) is 1.97. The molecule has 0 radical (unpaired) electrons. The minimum absolute atomic E-state index is 0.350. The molecule has 0 fully saturated rings. The van der Waals surface area contributed by atoms with Gasteiger partial charge in [-0.2, -0.15) is 0 Å². The maximum atomic E-state index is 12.7. The third-order valence-electron chi connectivity index (χ3n) is 1.46. The van der Waals surface area contributed by atoms with Gasteiger partial charge in [0.25, 0.3) is 0 Å². The van der Waals surface area contributed by atoms with Crippen LogP contribution in [-0.2, 0) is 0 Å². The van der Waals surface area contributed by atoms with Crippen LogP contribution >= 0.6 is 0 Å². The second-order valence-corrected chi connectivity index (χ2v) is 2.34. The Morgan fingerprint density at radius 3 is 2.58 bits per heavy atom. The van der Waals surface area contributed by atoms with Crippen LogP contribution in [-0.4, -0.2) is 11.8 Å². The summed E-state index contributed by atoms with van der Waals surface area (Å²) in [5.41, 5.74) is -0.350. The van der Waals surface area contributed by atoms with Crippen LogP contribution in [0.25, 0.3) is 0 Å². The van der Waals surface area contributed by atoms with Gasteiger partial charge in [0.05, 0.1) is 0 Å². The average Bonchev–Trinajstić information content (AvgIpc) is 2.08. The van der Waals surface area contributed by atoms with E-state index in [2.05, 4.69) is 0 Å². The average molecular weight is 176 g/mol. The topological polar surface area (TPSA) is 20.2 Å². The zero-order chi connectivity index (χ0) is 9.14. The molecule has 66 valence electrons. The predicted molar refractivity (Wildman–Crippen MR) is 37.3 cm³/mol. The summed E-state index contributed by atoms with van der Waals surface area (Å²) in [7, 11) is 0. The molecule has 12 heavy (non-hydrogen) atoms. The quantitative estimate of drug-likeness (QED) is 0.730. The van der Waals surface area contributed by atoms with Gasteiger partial charge in [0.1, 0.15) is 24.4 Å². The largest absolute Gasteiger partial charge is 0.386 e. The molecule has 1 N–H and O–H groups in total. The molecular weight excluding hydrogens is 169 g/mol. The van der Waals surface area contributed by atoms with Crippen molar-refractivity contribution >= 4 is 0 Å². The number of hydrogen-bond donors (Lipinski definition) is 1. The first kappa shape index (κ1) is 9.06. The van der Waals surface area contributed by atoms with Gasteiger partial charge in [0.2, 0.25) is 0 Å². The second kappa shape index (κ2) is 3.58. The molecule has 1 aromatic rings. The summed E-state index contributed by atoms with van der Waals surface area (Å²) in [5, 5.41) is 8.85. The highest BCUT2D eigenvalue weighted by molar-refractivity contribution is 5.20. The minimum atomic E-state index is -1.58. The molecule has 0 saturated heterocycles. The summed E-state index contributed by atoms with van der Waals surface area (Å²) in [6.07, 6.45) is -1.58. The van der Waals surface area contributed by atoms with Gasteiger partial charge in [0, 0.05) is 5.56 Å². The van der Waals surface area contributed by atoms with Gasteiger partial charge in [-0.15, -0.1) is 0 Å². The summed E-state index contributed by atoms with van der Waals surface area (Å²) in [4.78, 5) is 0. The van der Waals surface area contributed by atoms with Crippen molar-refractivity contribution in [1.29, 1.82) is 0 Å². The van der Waals surface area contributed by atoms with E-state index in [9.17, 15) is 13.2 Å². The van der Waals surface area contributed by atoms with E-state index >= 15 is 0 Å². The molecule has 0 bridgehead atoms. The van der Waals surface area contributed by atoms with E-state index in [1.165, 1.54) is 0 Å². The van der Waals surface area contributed by atoms with Crippen LogP contribution in [0.15, 0.2) is 18.2 Å². The summed E-state index contributed by atoms with van der Waals surface area (Å²) >= 11 is 0. The van der Waals surface area contributed by atoms with Crippen molar-refractivity contribution in [3.8, 4) is 0 Å². The fourth-order valence-corrected chi connectivity index (χ4v) is 0.853. The number of benzene rings is 1. The van der Waals surface area contributed by atoms with Crippen molar-refractivity contribution in [3.63, 3.8) is 0 Å². The summed E-state index contributed by atoms with van der Waals surface area (Å²) < 4.78 is 37.0. The normalized spacial score (nSPS) is 13.0. The lowest BCUT2D eigenvalue weighted by molar-refractivity contribution is 0.137. The highest BCUT2D eigenvalue weighted by Crippen LogP contribution is 2.18. The van der Waals surface area contributed by atoms with Crippen LogP contribution in [0.3, 0.4) is 0 Å². The Hall–Kier alpha value is -1.03. The Morgan fingerprint density at radius 2 is 2.00 bits per heavy atom. The van der Waals surface area contributed by atoms with Crippen molar-refractivity contribution in [2.45, 2.75) is 6.10 Å². The number of aliphatic hydroxyl groups is 1. The molecule has 0 spiro atoms. The van der Waals surface area contributed by atoms with Gasteiger partial charge in [-0.3, -0.25) is 0 Å². The van der Waals surface area contributed by atoms with Crippen molar-refractivity contribution in [2.24, 2.45) is 0 Å².